The molecule has 1 atom stereocenters. The second kappa shape index (κ2) is 7.12. The predicted octanol–water partition coefficient (Wildman–Crippen LogP) is 3.81. The van der Waals surface area contributed by atoms with E-state index in [1.165, 1.54) is 0 Å². The lowest BCUT2D eigenvalue weighted by molar-refractivity contribution is -0.0173. The first kappa shape index (κ1) is 17.9. The molecule has 0 saturated heterocycles. The number of benzene rings is 2. The predicted molar refractivity (Wildman–Crippen MR) is 105 cm³/mol. The molecule has 0 aliphatic rings. The van der Waals surface area contributed by atoms with Gasteiger partial charge in [0.1, 0.15) is 18.1 Å². The molecule has 25 heavy (non-hydrogen) atoms. The molecule has 0 spiro atoms. The van der Waals surface area contributed by atoms with Gasteiger partial charge in [0.15, 0.2) is 5.43 Å². The van der Waals surface area contributed by atoms with E-state index in [4.69, 9.17) is 4.74 Å². The third-order valence-corrected chi connectivity index (χ3v) is 5.46. The highest BCUT2D eigenvalue weighted by Crippen LogP contribution is 2.33. The highest BCUT2D eigenvalue weighted by atomic mass is 32.1. The largest absolute Gasteiger partial charge is 0.488 e. The van der Waals surface area contributed by atoms with Crippen molar-refractivity contribution in [1.29, 1.82) is 0 Å². The molecule has 0 aliphatic heterocycles. The Kier molecular flexibility index (Phi) is 5.08. The molecule has 4 nitrogen and oxygen atoms in total. The lowest BCUT2D eigenvalue weighted by atomic mass is 10.1. The van der Waals surface area contributed by atoms with Gasteiger partial charge in [-0.25, -0.2) is 0 Å². The summed E-state index contributed by atoms with van der Waals surface area (Å²) in [5.41, 5.74) is -0.119. The van der Waals surface area contributed by atoms with Crippen LogP contribution in [-0.2, 0) is 0 Å². The molecule has 0 saturated carbocycles. The standard InChI is InChI=1S/C20H23NO3S/c1-4-11-21-20(3,23)12-24-15-10-9-13(2)19-17(15)18(22)14-7-5-6-8-16(14)25-19/h5-10,21,23H,4,11-12H2,1-3H3. The summed E-state index contributed by atoms with van der Waals surface area (Å²) >= 11 is 1.60. The first-order chi connectivity index (χ1) is 11.9. The Bertz CT molecular complexity index is 962. The Labute approximate surface area is 151 Å². The van der Waals surface area contributed by atoms with Crippen molar-refractivity contribution in [2.45, 2.75) is 32.9 Å². The summed E-state index contributed by atoms with van der Waals surface area (Å²) in [5, 5.41) is 14.7. The summed E-state index contributed by atoms with van der Waals surface area (Å²) in [6.45, 7) is 6.48. The Morgan fingerprint density at radius 2 is 2.00 bits per heavy atom. The average molecular weight is 357 g/mol. The monoisotopic (exact) mass is 357 g/mol. The lowest BCUT2D eigenvalue weighted by Crippen LogP contribution is -2.47. The molecule has 1 aromatic heterocycles. The minimum atomic E-state index is -1.14. The van der Waals surface area contributed by atoms with Crippen LogP contribution in [0.5, 0.6) is 5.75 Å². The van der Waals surface area contributed by atoms with Crippen LogP contribution in [0.2, 0.25) is 0 Å². The minimum Gasteiger partial charge on any atom is -0.488 e. The topological polar surface area (TPSA) is 58.6 Å². The molecule has 2 aromatic carbocycles. The van der Waals surface area contributed by atoms with E-state index in [9.17, 15) is 9.90 Å². The van der Waals surface area contributed by atoms with Gasteiger partial charge < -0.3 is 9.84 Å². The summed E-state index contributed by atoms with van der Waals surface area (Å²) in [6.07, 6.45) is 0.919. The second-order valence-corrected chi connectivity index (χ2v) is 7.55. The number of hydrogen-bond acceptors (Lipinski definition) is 5. The average Bonchev–Trinajstić information content (AvgIpc) is 2.60. The van der Waals surface area contributed by atoms with Crippen molar-refractivity contribution >= 4 is 31.5 Å². The zero-order valence-electron chi connectivity index (χ0n) is 14.8. The normalized spacial score (nSPS) is 13.9. The molecule has 0 amide bonds. The fraction of sp³-hybridized carbons (Fsp3) is 0.350. The van der Waals surface area contributed by atoms with Crippen molar-refractivity contribution in [3.8, 4) is 5.75 Å². The first-order valence-electron chi connectivity index (χ1n) is 8.48. The van der Waals surface area contributed by atoms with Crippen LogP contribution in [0, 0.1) is 6.92 Å². The van der Waals surface area contributed by atoms with Crippen molar-refractivity contribution in [3.05, 3.63) is 52.2 Å². The van der Waals surface area contributed by atoms with Crippen LogP contribution in [0.3, 0.4) is 0 Å². The Hall–Kier alpha value is -1.95. The zero-order valence-corrected chi connectivity index (χ0v) is 15.6. The van der Waals surface area contributed by atoms with E-state index in [1.54, 1.807) is 18.3 Å². The molecule has 0 radical (unpaired) electrons. The summed E-state index contributed by atoms with van der Waals surface area (Å²) in [6, 6.07) is 11.4. The van der Waals surface area contributed by atoms with Crippen LogP contribution < -0.4 is 15.5 Å². The van der Waals surface area contributed by atoms with Gasteiger partial charge in [-0.2, -0.15) is 0 Å². The number of hydrogen-bond donors (Lipinski definition) is 2. The van der Waals surface area contributed by atoms with Gasteiger partial charge >= 0.3 is 0 Å². The van der Waals surface area contributed by atoms with Gasteiger partial charge in [-0.3, -0.25) is 10.1 Å². The minimum absolute atomic E-state index is 0.0239. The fourth-order valence-corrected chi connectivity index (χ4v) is 3.95. The number of rotatable bonds is 6. The summed E-state index contributed by atoms with van der Waals surface area (Å²) < 4.78 is 7.76. The SMILES string of the molecule is CCCNC(C)(O)COc1ccc(C)c2sc3ccccc3c(=O)c12. The molecule has 3 aromatic rings. The van der Waals surface area contributed by atoms with E-state index in [1.807, 2.05) is 50.2 Å². The molecule has 0 bridgehead atoms. The van der Waals surface area contributed by atoms with Crippen LogP contribution in [0.15, 0.2) is 41.2 Å². The lowest BCUT2D eigenvalue weighted by Gasteiger charge is -2.25. The Morgan fingerprint density at radius 1 is 1.24 bits per heavy atom. The van der Waals surface area contributed by atoms with Crippen LogP contribution in [0.4, 0.5) is 0 Å². The van der Waals surface area contributed by atoms with E-state index in [-0.39, 0.29) is 12.0 Å². The van der Waals surface area contributed by atoms with Gasteiger partial charge in [0, 0.05) is 14.8 Å². The van der Waals surface area contributed by atoms with Crippen molar-refractivity contribution in [2.24, 2.45) is 0 Å². The van der Waals surface area contributed by atoms with Gasteiger partial charge in [-0.1, -0.05) is 25.1 Å². The first-order valence-corrected chi connectivity index (χ1v) is 9.30. The van der Waals surface area contributed by atoms with Crippen molar-refractivity contribution in [3.63, 3.8) is 0 Å². The molecular formula is C20H23NO3S. The molecule has 0 aliphatic carbocycles. The third kappa shape index (κ3) is 3.68. The smallest absolute Gasteiger partial charge is 0.199 e. The molecule has 3 rings (SSSR count). The third-order valence-electron chi connectivity index (χ3n) is 4.15. The zero-order chi connectivity index (χ0) is 18.0. The number of aliphatic hydroxyl groups is 1. The molecule has 1 unspecified atom stereocenters. The van der Waals surface area contributed by atoms with Crippen LogP contribution in [0.1, 0.15) is 25.8 Å². The van der Waals surface area contributed by atoms with E-state index in [0.29, 0.717) is 23.1 Å². The highest BCUT2D eigenvalue weighted by Gasteiger charge is 2.21. The highest BCUT2D eigenvalue weighted by molar-refractivity contribution is 7.24. The Morgan fingerprint density at radius 3 is 2.76 bits per heavy atom. The maximum absolute atomic E-state index is 13.0. The van der Waals surface area contributed by atoms with Crippen molar-refractivity contribution < 1.29 is 9.84 Å². The van der Waals surface area contributed by atoms with Crippen LogP contribution in [0.25, 0.3) is 20.2 Å². The molecule has 5 heteroatoms. The second-order valence-electron chi connectivity index (χ2n) is 6.50. The summed E-state index contributed by atoms with van der Waals surface area (Å²) in [5.74, 6) is 0.520. The fourth-order valence-electron chi connectivity index (χ4n) is 2.79. The molecular weight excluding hydrogens is 334 g/mol. The number of nitrogens with one attached hydrogen (secondary N) is 1. The Balaban J connectivity index is 2.06. The quantitative estimate of drug-likeness (QED) is 0.520. The number of aryl methyl sites for hydroxylation is 1. The molecule has 2 N–H and O–H groups in total. The van der Waals surface area contributed by atoms with Gasteiger partial charge in [0.25, 0.3) is 0 Å². The van der Waals surface area contributed by atoms with E-state index in [2.05, 4.69) is 5.32 Å². The maximum atomic E-state index is 13.0. The van der Waals surface area contributed by atoms with Gasteiger partial charge in [0.05, 0.1) is 5.39 Å². The van der Waals surface area contributed by atoms with Gasteiger partial charge in [-0.05, 0) is 50.6 Å². The molecule has 132 valence electrons. The van der Waals surface area contributed by atoms with Crippen molar-refractivity contribution in [2.75, 3.05) is 13.2 Å². The van der Waals surface area contributed by atoms with E-state index < -0.39 is 5.72 Å². The summed E-state index contributed by atoms with van der Waals surface area (Å²) in [7, 11) is 0. The van der Waals surface area contributed by atoms with Crippen LogP contribution in [-0.4, -0.2) is 24.0 Å². The van der Waals surface area contributed by atoms with Gasteiger partial charge in [-0.15, -0.1) is 11.3 Å². The molecule has 1 heterocycles. The molecule has 0 fully saturated rings. The maximum Gasteiger partial charge on any atom is 0.199 e. The van der Waals surface area contributed by atoms with Gasteiger partial charge in [0.2, 0.25) is 0 Å². The van der Waals surface area contributed by atoms with Crippen LogP contribution >= 0.6 is 11.3 Å². The summed E-state index contributed by atoms with van der Waals surface area (Å²) in [4.78, 5) is 13.0. The number of ether oxygens (including phenoxy) is 1. The van der Waals surface area contributed by atoms with Crippen molar-refractivity contribution in [1.82, 2.24) is 5.32 Å². The number of fused-ring (bicyclic) bond motifs is 2. The van der Waals surface area contributed by atoms with E-state index in [0.717, 1.165) is 21.4 Å². The van der Waals surface area contributed by atoms with E-state index >= 15 is 0 Å².